The van der Waals surface area contributed by atoms with E-state index in [0.717, 1.165) is 52.6 Å². The Morgan fingerprint density at radius 3 is 2.06 bits per heavy atom. The van der Waals surface area contributed by atoms with Crippen LogP contribution in [0.2, 0.25) is 0 Å². The number of ether oxygens (including phenoxy) is 1. The molecule has 3 heterocycles. The van der Waals surface area contributed by atoms with Gasteiger partial charge in [0, 0.05) is 24.2 Å². The van der Waals surface area contributed by atoms with Crippen molar-refractivity contribution in [3.05, 3.63) is 96.8 Å². The summed E-state index contributed by atoms with van der Waals surface area (Å²) in [7, 11) is 0. The molecule has 0 N–H and O–H groups in total. The SMILES string of the molecule is Fc1ccc(-c2nc3ccc(N4CCOCC4)nn3c2-c2ccc(-c3ccccc3)cc2)cc1. The Balaban J connectivity index is 1.50. The van der Waals surface area contributed by atoms with E-state index in [1.807, 2.05) is 34.8 Å². The molecule has 6 heteroatoms. The zero-order valence-electron chi connectivity index (χ0n) is 18.6. The molecule has 0 spiro atoms. The lowest BCUT2D eigenvalue weighted by Gasteiger charge is -2.27. The van der Waals surface area contributed by atoms with Gasteiger partial charge in [-0.15, -0.1) is 5.10 Å². The maximum atomic E-state index is 13.6. The summed E-state index contributed by atoms with van der Waals surface area (Å²) in [5.41, 5.74) is 6.57. The third-order valence-corrected chi connectivity index (χ3v) is 6.18. The van der Waals surface area contributed by atoms with Crippen molar-refractivity contribution in [2.24, 2.45) is 0 Å². The van der Waals surface area contributed by atoms with E-state index >= 15 is 0 Å². The van der Waals surface area contributed by atoms with Crippen molar-refractivity contribution in [1.29, 1.82) is 0 Å². The zero-order valence-corrected chi connectivity index (χ0v) is 18.6. The van der Waals surface area contributed by atoms with Crippen molar-refractivity contribution in [3.63, 3.8) is 0 Å². The molecule has 0 bridgehead atoms. The lowest BCUT2D eigenvalue weighted by molar-refractivity contribution is 0.122. The minimum absolute atomic E-state index is 0.269. The number of aromatic nitrogens is 3. The molecular formula is C28H23FN4O. The number of hydrogen-bond donors (Lipinski definition) is 0. The van der Waals surface area contributed by atoms with Gasteiger partial charge in [-0.3, -0.25) is 0 Å². The van der Waals surface area contributed by atoms with E-state index in [9.17, 15) is 4.39 Å². The molecule has 1 fully saturated rings. The molecule has 34 heavy (non-hydrogen) atoms. The highest BCUT2D eigenvalue weighted by Crippen LogP contribution is 2.34. The molecule has 5 aromatic rings. The fourth-order valence-corrected chi connectivity index (χ4v) is 4.40. The lowest BCUT2D eigenvalue weighted by Crippen LogP contribution is -2.37. The Kier molecular flexibility index (Phi) is 5.28. The highest BCUT2D eigenvalue weighted by atomic mass is 19.1. The fourth-order valence-electron chi connectivity index (χ4n) is 4.40. The summed E-state index contributed by atoms with van der Waals surface area (Å²) >= 11 is 0. The van der Waals surface area contributed by atoms with Crippen molar-refractivity contribution in [1.82, 2.24) is 14.6 Å². The van der Waals surface area contributed by atoms with Gasteiger partial charge >= 0.3 is 0 Å². The molecule has 0 unspecified atom stereocenters. The number of halogens is 1. The number of hydrogen-bond acceptors (Lipinski definition) is 4. The molecular weight excluding hydrogens is 427 g/mol. The quantitative estimate of drug-likeness (QED) is 0.352. The summed E-state index contributed by atoms with van der Waals surface area (Å²) in [6.45, 7) is 2.99. The van der Waals surface area contributed by atoms with Crippen LogP contribution in [-0.4, -0.2) is 40.9 Å². The number of benzene rings is 3. The van der Waals surface area contributed by atoms with E-state index in [1.54, 1.807) is 12.1 Å². The number of rotatable bonds is 4. The fraction of sp³-hybridized carbons (Fsp3) is 0.143. The Bertz CT molecular complexity index is 1420. The van der Waals surface area contributed by atoms with Crippen LogP contribution in [0.3, 0.4) is 0 Å². The number of imidazole rings is 1. The third-order valence-electron chi connectivity index (χ3n) is 6.18. The largest absolute Gasteiger partial charge is 0.378 e. The summed E-state index contributed by atoms with van der Waals surface area (Å²) in [4.78, 5) is 7.12. The number of fused-ring (bicyclic) bond motifs is 1. The van der Waals surface area contributed by atoms with Crippen LogP contribution in [-0.2, 0) is 4.74 Å². The van der Waals surface area contributed by atoms with Gasteiger partial charge in [0.2, 0.25) is 0 Å². The normalized spacial score (nSPS) is 14.0. The zero-order chi connectivity index (χ0) is 22.9. The predicted molar refractivity (Wildman–Crippen MR) is 132 cm³/mol. The first-order chi connectivity index (χ1) is 16.8. The van der Waals surface area contributed by atoms with Gasteiger partial charge in [0.1, 0.15) is 17.3 Å². The van der Waals surface area contributed by atoms with Crippen LogP contribution in [0.5, 0.6) is 0 Å². The maximum absolute atomic E-state index is 13.6. The van der Waals surface area contributed by atoms with Gasteiger partial charge in [-0.2, -0.15) is 0 Å². The second kappa shape index (κ2) is 8.72. The van der Waals surface area contributed by atoms with Crippen LogP contribution in [0.15, 0.2) is 91.0 Å². The van der Waals surface area contributed by atoms with Gasteiger partial charge in [0.25, 0.3) is 0 Å². The van der Waals surface area contributed by atoms with E-state index in [0.29, 0.717) is 13.2 Å². The van der Waals surface area contributed by atoms with Gasteiger partial charge in [-0.05, 0) is 47.5 Å². The second-order valence-corrected chi connectivity index (χ2v) is 8.32. The summed E-state index contributed by atoms with van der Waals surface area (Å²) < 4.78 is 21.0. The molecule has 6 rings (SSSR count). The first-order valence-electron chi connectivity index (χ1n) is 11.4. The van der Waals surface area contributed by atoms with E-state index in [4.69, 9.17) is 14.8 Å². The Morgan fingerprint density at radius 2 is 1.32 bits per heavy atom. The van der Waals surface area contributed by atoms with Gasteiger partial charge in [-0.25, -0.2) is 13.9 Å². The smallest absolute Gasteiger partial charge is 0.155 e. The standard InChI is InChI=1S/C28H23FN4O/c29-24-12-10-22(11-13-24)27-28(23-8-6-21(7-9-23)20-4-2-1-3-5-20)33-25(30-27)14-15-26(31-33)32-16-18-34-19-17-32/h1-15H,16-19H2. The first kappa shape index (κ1) is 20.6. The van der Waals surface area contributed by atoms with Crippen molar-refractivity contribution in [3.8, 4) is 33.6 Å². The van der Waals surface area contributed by atoms with Crippen LogP contribution in [0, 0.1) is 5.82 Å². The van der Waals surface area contributed by atoms with Gasteiger partial charge in [0.15, 0.2) is 5.65 Å². The minimum atomic E-state index is -0.269. The Hall–Kier alpha value is -4.03. The van der Waals surface area contributed by atoms with E-state index in [1.165, 1.54) is 17.7 Å². The van der Waals surface area contributed by atoms with Gasteiger partial charge in [0.05, 0.1) is 18.9 Å². The lowest BCUT2D eigenvalue weighted by atomic mass is 10.0. The van der Waals surface area contributed by atoms with E-state index in [-0.39, 0.29) is 5.82 Å². The molecule has 5 nitrogen and oxygen atoms in total. The third kappa shape index (κ3) is 3.82. The molecule has 1 aliphatic rings. The molecule has 1 saturated heterocycles. The van der Waals surface area contributed by atoms with Crippen LogP contribution >= 0.6 is 0 Å². The van der Waals surface area contributed by atoms with Gasteiger partial charge in [-0.1, -0.05) is 54.6 Å². The van der Waals surface area contributed by atoms with Crippen molar-refractivity contribution < 1.29 is 9.13 Å². The molecule has 0 aliphatic carbocycles. The first-order valence-corrected chi connectivity index (χ1v) is 11.4. The number of anilines is 1. The minimum Gasteiger partial charge on any atom is -0.378 e. The summed E-state index contributed by atoms with van der Waals surface area (Å²) in [5, 5.41) is 4.97. The van der Waals surface area contributed by atoms with Crippen LogP contribution in [0.1, 0.15) is 0 Å². The van der Waals surface area contributed by atoms with Crippen LogP contribution < -0.4 is 4.90 Å². The summed E-state index contributed by atoms with van der Waals surface area (Å²) in [5.74, 6) is 0.620. The van der Waals surface area contributed by atoms with Gasteiger partial charge < -0.3 is 9.64 Å². The molecule has 0 saturated carbocycles. The van der Waals surface area contributed by atoms with Crippen LogP contribution in [0.4, 0.5) is 10.2 Å². The molecule has 1 aliphatic heterocycles. The topological polar surface area (TPSA) is 42.7 Å². The Labute approximate surface area is 197 Å². The Morgan fingerprint density at radius 1 is 0.676 bits per heavy atom. The monoisotopic (exact) mass is 450 g/mol. The summed E-state index contributed by atoms with van der Waals surface area (Å²) in [6.07, 6.45) is 0. The number of morpholine rings is 1. The average molecular weight is 451 g/mol. The highest BCUT2D eigenvalue weighted by molar-refractivity contribution is 5.83. The average Bonchev–Trinajstić information content (AvgIpc) is 3.29. The predicted octanol–water partition coefficient (Wildman–Crippen LogP) is 5.71. The molecule has 0 atom stereocenters. The van der Waals surface area contributed by atoms with Crippen molar-refractivity contribution in [2.75, 3.05) is 31.2 Å². The molecule has 2 aromatic heterocycles. The van der Waals surface area contributed by atoms with E-state index < -0.39 is 0 Å². The van der Waals surface area contributed by atoms with Crippen molar-refractivity contribution >= 4 is 11.5 Å². The van der Waals surface area contributed by atoms with E-state index in [2.05, 4.69) is 41.3 Å². The second-order valence-electron chi connectivity index (χ2n) is 8.32. The molecule has 0 radical (unpaired) electrons. The maximum Gasteiger partial charge on any atom is 0.155 e. The molecule has 168 valence electrons. The summed E-state index contributed by atoms with van der Waals surface area (Å²) in [6, 6.07) is 29.2. The number of nitrogens with zero attached hydrogens (tertiary/aromatic N) is 4. The highest BCUT2D eigenvalue weighted by Gasteiger charge is 2.20. The molecule has 3 aromatic carbocycles. The van der Waals surface area contributed by atoms with Crippen molar-refractivity contribution in [2.45, 2.75) is 0 Å². The molecule has 0 amide bonds. The van der Waals surface area contributed by atoms with Crippen LogP contribution in [0.25, 0.3) is 39.3 Å².